The normalized spacial score (nSPS) is 16.9. The molecule has 0 unspecified atom stereocenters. The summed E-state index contributed by atoms with van der Waals surface area (Å²) in [6.07, 6.45) is 5.18. The molecule has 0 bridgehead atoms. The van der Waals surface area contributed by atoms with Crippen LogP contribution in [0.3, 0.4) is 0 Å². The molecule has 2 nitrogen and oxygen atoms in total. The first-order chi connectivity index (χ1) is 3.43. The predicted octanol–water partition coefficient (Wildman–Crippen LogP) is 0.891. The molecule has 0 atom stereocenters. The second-order valence-electron chi connectivity index (χ2n) is 1.28. The summed E-state index contributed by atoms with van der Waals surface area (Å²) < 4.78 is 4.82. The molecule has 0 N–H and O–H groups in total. The Balaban J connectivity index is 2.42. The van der Waals surface area contributed by atoms with Crippen LogP contribution in [0.15, 0.2) is 25.2 Å². The lowest BCUT2D eigenvalue weighted by Gasteiger charge is -2.02. The lowest BCUT2D eigenvalue weighted by molar-refractivity contribution is 0.204. The van der Waals surface area contributed by atoms with Crippen LogP contribution in [0.2, 0.25) is 0 Å². The van der Waals surface area contributed by atoms with E-state index in [1.54, 1.807) is 12.5 Å². The van der Waals surface area contributed by atoms with Crippen molar-refractivity contribution < 1.29 is 4.74 Å². The zero-order valence-corrected chi connectivity index (χ0v) is 4.00. The van der Waals surface area contributed by atoms with E-state index in [1.807, 2.05) is 11.1 Å². The highest BCUT2D eigenvalue weighted by Gasteiger charge is 1.95. The minimum atomic E-state index is 0.615. The second kappa shape index (κ2) is 1.69. The van der Waals surface area contributed by atoms with Gasteiger partial charge < -0.3 is 9.64 Å². The number of ether oxygens (including phenoxy) is 1. The van der Waals surface area contributed by atoms with Crippen molar-refractivity contribution in [3.05, 3.63) is 25.2 Å². The summed E-state index contributed by atoms with van der Waals surface area (Å²) in [7, 11) is 0. The summed E-state index contributed by atoms with van der Waals surface area (Å²) in [5.74, 6) is 0. The van der Waals surface area contributed by atoms with Crippen molar-refractivity contribution in [1.29, 1.82) is 0 Å². The minimum absolute atomic E-state index is 0.615. The molecule has 1 heterocycles. The first-order valence-corrected chi connectivity index (χ1v) is 2.10. The van der Waals surface area contributed by atoms with Crippen LogP contribution in [0.1, 0.15) is 0 Å². The standard InChI is InChI=1S/C5H7NO/c1-2-6-3-4-7-5-6/h2-4H,1,5H2. The zero-order valence-electron chi connectivity index (χ0n) is 4.00. The lowest BCUT2D eigenvalue weighted by Crippen LogP contribution is -2.04. The molecule has 0 aromatic heterocycles. The predicted molar refractivity (Wildman–Crippen MR) is 27.1 cm³/mol. The van der Waals surface area contributed by atoms with E-state index in [1.165, 1.54) is 0 Å². The molecule has 2 heteroatoms. The summed E-state index contributed by atoms with van der Waals surface area (Å²) in [6, 6.07) is 0. The molecule has 0 amide bonds. The molecule has 0 saturated heterocycles. The van der Waals surface area contributed by atoms with E-state index in [4.69, 9.17) is 4.74 Å². The van der Waals surface area contributed by atoms with Crippen LogP contribution in [0, 0.1) is 0 Å². The molecule has 0 aromatic rings. The quantitative estimate of drug-likeness (QED) is 0.481. The molecular weight excluding hydrogens is 90.1 g/mol. The molecule has 0 saturated carbocycles. The van der Waals surface area contributed by atoms with Gasteiger partial charge in [0, 0.05) is 6.20 Å². The maximum atomic E-state index is 4.82. The van der Waals surface area contributed by atoms with Crippen LogP contribution in [-0.2, 0) is 4.74 Å². The van der Waals surface area contributed by atoms with Gasteiger partial charge in [-0.3, -0.25) is 0 Å². The topological polar surface area (TPSA) is 12.5 Å². The van der Waals surface area contributed by atoms with Gasteiger partial charge in [-0.25, -0.2) is 0 Å². The van der Waals surface area contributed by atoms with Crippen molar-refractivity contribution in [2.24, 2.45) is 0 Å². The number of rotatable bonds is 1. The Kier molecular flexibility index (Phi) is 1.02. The average Bonchev–Trinajstić information content (AvgIpc) is 2.14. The molecule has 1 aliphatic rings. The Labute approximate surface area is 42.7 Å². The Hall–Kier alpha value is -0.920. The maximum Gasteiger partial charge on any atom is 0.164 e. The Morgan fingerprint density at radius 2 is 2.71 bits per heavy atom. The Morgan fingerprint density at radius 1 is 1.86 bits per heavy atom. The van der Waals surface area contributed by atoms with Crippen LogP contribution in [0.5, 0.6) is 0 Å². The molecule has 0 radical (unpaired) electrons. The summed E-state index contributed by atoms with van der Waals surface area (Å²) in [5.41, 5.74) is 0. The Bertz CT molecular complexity index is 98.3. The van der Waals surface area contributed by atoms with Crippen LogP contribution >= 0.6 is 0 Å². The van der Waals surface area contributed by atoms with E-state index in [0.29, 0.717) is 6.73 Å². The molecule has 0 fully saturated rings. The SMILES string of the molecule is C=CN1C=COC1. The van der Waals surface area contributed by atoms with E-state index in [9.17, 15) is 0 Å². The van der Waals surface area contributed by atoms with Gasteiger partial charge in [-0.2, -0.15) is 0 Å². The third-order valence-electron chi connectivity index (χ3n) is 0.807. The van der Waals surface area contributed by atoms with Crippen LogP contribution < -0.4 is 0 Å². The van der Waals surface area contributed by atoms with Crippen molar-refractivity contribution in [2.45, 2.75) is 0 Å². The van der Waals surface area contributed by atoms with Crippen LogP contribution in [0.25, 0.3) is 0 Å². The maximum absolute atomic E-state index is 4.82. The molecule has 0 aliphatic carbocycles. The summed E-state index contributed by atoms with van der Waals surface area (Å²) in [6.45, 7) is 4.15. The third-order valence-corrected chi connectivity index (χ3v) is 0.807. The fourth-order valence-electron chi connectivity index (χ4n) is 0.407. The first-order valence-electron chi connectivity index (χ1n) is 2.10. The highest BCUT2D eigenvalue weighted by Crippen LogP contribution is 1.98. The van der Waals surface area contributed by atoms with Crippen molar-refractivity contribution >= 4 is 0 Å². The van der Waals surface area contributed by atoms with Crippen LogP contribution in [-0.4, -0.2) is 11.6 Å². The second-order valence-corrected chi connectivity index (χ2v) is 1.28. The molecule has 38 valence electrons. The van der Waals surface area contributed by atoms with Gasteiger partial charge in [0.15, 0.2) is 6.73 Å². The van der Waals surface area contributed by atoms with E-state index in [0.717, 1.165) is 0 Å². The summed E-state index contributed by atoms with van der Waals surface area (Å²) >= 11 is 0. The van der Waals surface area contributed by atoms with E-state index in [2.05, 4.69) is 6.58 Å². The molecular formula is C5H7NO. The van der Waals surface area contributed by atoms with Crippen molar-refractivity contribution in [2.75, 3.05) is 6.73 Å². The fraction of sp³-hybridized carbons (Fsp3) is 0.200. The summed E-state index contributed by atoms with van der Waals surface area (Å²) in [5, 5.41) is 0. The molecule has 7 heavy (non-hydrogen) atoms. The summed E-state index contributed by atoms with van der Waals surface area (Å²) in [4.78, 5) is 1.85. The molecule has 0 spiro atoms. The number of hydrogen-bond donors (Lipinski definition) is 0. The Morgan fingerprint density at radius 3 is 3.00 bits per heavy atom. The third kappa shape index (κ3) is 0.738. The minimum Gasteiger partial charge on any atom is -0.479 e. The smallest absolute Gasteiger partial charge is 0.164 e. The van der Waals surface area contributed by atoms with E-state index in [-0.39, 0.29) is 0 Å². The van der Waals surface area contributed by atoms with Gasteiger partial charge in [0.1, 0.15) is 6.26 Å². The number of nitrogens with zero attached hydrogens (tertiary/aromatic N) is 1. The van der Waals surface area contributed by atoms with Crippen LogP contribution in [0.4, 0.5) is 0 Å². The van der Waals surface area contributed by atoms with Gasteiger partial charge >= 0.3 is 0 Å². The van der Waals surface area contributed by atoms with Crippen molar-refractivity contribution in [1.82, 2.24) is 4.90 Å². The largest absolute Gasteiger partial charge is 0.479 e. The highest BCUT2D eigenvalue weighted by molar-refractivity contribution is 4.86. The monoisotopic (exact) mass is 97.1 g/mol. The van der Waals surface area contributed by atoms with Gasteiger partial charge in [0.2, 0.25) is 0 Å². The van der Waals surface area contributed by atoms with Crippen molar-refractivity contribution in [3.8, 4) is 0 Å². The molecule has 0 aromatic carbocycles. The highest BCUT2D eigenvalue weighted by atomic mass is 16.5. The van der Waals surface area contributed by atoms with Gasteiger partial charge in [0.05, 0.1) is 0 Å². The first kappa shape index (κ1) is 4.24. The van der Waals surface area contributed by atoms with E-state index >= 15 is 0 Å². The van der Waals surface area contributed by atoms with Gasteiger partial charge in [-0.15, -0.1) is 0 Å². The van der Waals surface area contributed by atoms with Gasteiger partial charge in [0.25, 0.3) is 0 Å². The lowest BCUT2D eigenvalue weighted by atomic mass is 10.8. The molecule has 1 rings (SSSR count). The van der Waals surface area contributed by atoms with Gasteiger partial charge in [-0.1, -0.05) is 6.58 Å². The fourth-order valence-corrected chi connectivity index (χ4v) is 0.407. The average molecular weight is 97.1 g/mol. The van der Waals surface area contributed by atoms with Gasteiger partial charge in [-0.05, 0) is 6.20 Å². The number of hydrogen-bond acceptors (Lipinski definition) is 2. The zero-order chi connectivity index (χ0) is 5.11. The van der Waals surface area contributed by atoms with E-state index < -0.39 is 0 Å². The molecule has 1 aliphatic heterocycles. The van der Waals surface area contributed by atoms with Crippen molar-refractivity contribution in [3.63, 3.8) is 0 Å².